The van der Waals surface area contributed by atoms with Crippen LogP contribution in [0.15, 0.2) is 44.5 Å². The minimum atomic E-state index is -4.53. The zero-order chi connectivity index (χ0) is 27.0. The first-order chi connectivity index (χ1) is 18.1. The number of carbonyl (C=O) groups is 1. The molecule has 0 aliphatic carbocycles. The number of aromatic nitrogens is 3. The lowest BCUT2D eigenvalue weighted by Gasteiger charge is -2.26. The number of nitrogens with zero attached hydrogens (tertiary/aromatic N) is 5. The van der Waals surface area contributed by atoms with Crippen LogP contribution in [0.4, 0.5) is 23.2 Å². The van der Waals surface area contributed by atoms with Gasteiger partial charge in [-0.3, -0.25) is 9.79 Å². The van der Waals surface area contributed by atoms with Crippen LogP contribution in [0.25, 0.3) is 22.4 Å². The van der Waals surface area contributed by atoms with Crippen molar-refractivity contribution in [3.63, 3.8) is 0 Å². The summed E-state index contributed by atoms with van der Waals surface area (Å²) < 4.78 is 61.6. The van der Waals surface area contributed by atoms with Crippen LogP contribution in [0, 0.1) is 6.92 Å². The fraction of sp³-hybridized carbons (Fsp3) is 0.360. The maximum atomic E-state index is 14.6. The summed E-state index contributed by atoms with van der Waals surface area (Å²) in [6.45, 7) is 1.29. The number of likely N-dealkylation sites (tertiary alicyclic amines) is 1. The van der Waals surface area contributed by atoms with Crippen molar-refractivity contribution in [3.05, 3.63) is 52.0 Å². The van der Waals surface area contributed by atoms with Gasteiger partial charge >= 0.3 is 6.18 Å². The zero-order valence-electron chi connectivity index (χ0n) is 20.5. The first kappa shape index (κ1) is 26.0. The fourth-order valence-corrected chi connectivity index (χ4v) is 5.22. The summed E-state index contributed by atoms with van der Waals surface area (Å²) in [5, 5.41) is 10.5. The van der Waals surface area contributed by atoms with Crippen molar-refractivity contribution in [2.24, 2.45) is 4.99 Å². The number of fused-ring (bicyclic) bond motifs is 1. The Labute approximate surface area is 219 Å². The Balaban J connectivity index is 1.48. The van der Waals surface area contributed by atoms with Gasteiger partial charge in [-0.2, -0.15) is 29.5 Å². The van der Waals surface area contributed by atoms with Gasteiger partial charge in [0.15, 0.2) is 6.17 Å². The summed E-state index contributed by atoms with van der Waals surface area (Å²) in [6, 6.07) is 6.28. The average molecular weight is 549 g/mol. The van der Waals surface area contributed by atoms with Crippen molar-refractivity contribution in [2.75, 3.05) is 20.1 Å². The lowest BCUT2D eigenvalue weighted by Crippen LogP contribution is -2.39. The molecule has 4 heterocycles. The molecule has 0 spiro atoms. The second-order valence-electron chi connectivity index (χ2n) is 9.19. The van der Waals surface area contributed by atoms with Gasteiger partial charge in [0, 0.05) is 30.3 Å². The van der Waals surface area contributed by atoms with Crippen LogP contribution in [-0.2, 0) is 13.1 Å². The molecule has 1 atom stereocenters. The van der Waals surface area contributed by atoms with Gasteiger partial charge in [0.2, 0.25) is 11.7 Å². The molecule has 0 radical (unpaired) electrons. The molecule has 38 heavy (non-hydrogen) atoms. The second kappa shape index (κ2) is 10.3. The van der Waals surface area contributed by atoms with Crippen LogP contribution in [0.2, 0.25) is 0 Å². The Morgan fingerprint density at radius 2 is 2.13 bits per heavy atom. The number of amides is 1. The summed E-state index contributed by atoms with van der Waals surface area (Å²) in [4.78, 5) is 23.0. The van der Waals surface area contributed by atoms with Crippen LogP contribution in [-0.4, -0.2) is 63.7 Å². The van der Waals surface area contributed by atoms with E-state index in [-0.39, 0.29) is 41.9 Å². The van der Waals surface area contributed by atoms with E-state index in [0.717, 1.165) is 10.1 Å². The first-order valence-corrected chi connectivity index (χ1v) is 12.8. The number of aliphatic imine (C=N–C) groups is 1. The molecule has 1 aromatic carbocycles. The quantitative estimate of drug-likeness (QED) is 0.331. The number of hydrogen-bond acceptors (Lipinski definition) is 7. The van der Waals surface area contributed by atoms with E-state index in [4.69, 9.17) is 4.52 Å². The van der Waals surface area contributed by atoms with E-state index < -0.39 is 18.9 Å². The van der Waals surface area contributed by atoms with Crippen LogP contribution in [0.3, 0.4) is 0 Å². The van der Waals surface area contributed by atoms with Crippen molar-refractivity contribution in [3.8, 4) is 11.5 Å². The number of nitrogens with one attached hydrogen (secondary N) is 1. The van der Waals surface area contributed by atoms with Crippen molar-refractivity contribution in [1.82, 2.24) is 24.9 Å². The summed E-state index contributed by atoms with van der Waals surface area (Å²) in [5.41, 5.74) is 2.41. The standard InChI is InChI=1S/C25H24F4N6O2S/c1-14-11-38-12-16(14)24(36)30-9-22-32-23(33-37-22)21-8-15-18(31-19-6-7-34(2)10-17(19)26)4-3-5-20(15)35(21)13-25(27,28)29/h3-5,8,11-12,17H,6-7,9-10,13H2,1-2H3,(H,30,36)/t17-/m0/s1. The van der Waals surface area contributed by atoms with Gasteiger partial charge in [0.25, 0.3) is 5.91 Å². The topological polar surface area (TPSA) is 88.5 Å². The Morgan fingerprint density at radius 1 is 1.32 bits per heavy atom. The van der Waals surface area contributed by atoms with Crippen molar-refractivity contribution in [2.45, 2.75) is 38.8 Å². The Bertz CT molecular complexity index is 1510. The number of rotatable bonds is 6. The highest BCUT2D eigenvalue weighted by Gasteiger charge is 2.31. The monoisotopic (exact) mass is 548 g/mol. The molecule has 4 aromatic rings. The summed E-state index contributed by atoms with van der Waals surface area (Å²) in [7, 11) is 1.82. The highest BCUT2D eigenvalue weighted by molar-refractivity contribution is 7.08. The molecule has 0 unspecified atom stereocenters. The van der Waals surface area contributed by atoms with E-state index in [1.807, 2.05) is 24.3 Å². The van der Waals surface area contributed by atoms with Gasteiger partial charge < -0.3 is 19.3 Å². The normalized spacial score (nSPS) is 17.9. The number of alkyl halides is 4. The third-order valence-corrected chi connectivity index (χ3v) is 7.17. The minimum Gasteiger partial charge on any atom is -0.343 e. The lowest BCUT2D eigenvalue weighted by atomic mass is 10.1. The lowest BCUT2D eigenvalue weighted by molar-refractivity contribution is -0.139. The predicted octanol–water partition coefficient (Wildman–Crippen LogP) is 5.30. The molecule has 1 aliphatic rings. The molecule has 13 heteroatoms. The number of halogens is 4. The van der Waals surface area contributed by atoms with E-state index >= 15 is 0 Å². The SMILES string of the molecule is Cc1cscc1C(=O)NCc1nc(-c2cc3c(N=C4CCN(C)C[C@@H]4F)cccc3n2CC(F)(F)F)no1. The number of carbonyl (C=O) groups excluding carboxylic acids is 1. The van der Waals surface area contributed by atoms with E-state index in [1.54, 1.807) is 23.6 Å². The molecule has 3 aromatic heterocycles. The summed E-state index contributed by atoms with van der Waals surface area (Å²) in [6.07, 6.45) is -5.36. The fourth-order valence-electron chi connectivity index (χ4n) is 4.39. The zero-order valence-corrected chi connectivity index (χ0v) is 21.4. The first-order valence-electron chi connectivity index (χ1n) is 11.8. The number of thiophene rings is 1. The number of piperidine rings is 1. The number of benzene rings is 1. The van der Waals surface area contributed by atoms with Crippen LogP contribution in [0.5, 0.6) is 0 Å². The third-order valence-electron chi connectivity index (χ3n) is 6.30. The van der Waals surface area contributed by atoms with Gasteiger partial charge in [0.05, 0.1) is 34.7 Å². The second-order valence-corrected chi connectivity index (χ2v) is 9.93. The molecule has 5 rings (SSSR count). The maximum absolute atomic E-state index is 14.6. The van der Waals surface area contributed by atoms with E-state index in [2.05, 4.69) is 20.4 Å². The van der Waals surface area contributed by atoms with E-state index in [0.29, 0.717) is 35.3 Å². The number of aryl methyl sites for hydroxylation is 1. The highest BCUT2D eigenvalue weighted by Crippen LogP contribution is 2.35. The molecule has 0 saturated carbocycles. The molecular formula is C25H24F4N6O2S. The molecule has 1 N–H and O–H groups in total. The molecule has 200 valence electrons. The van der Waals surface area contributed by atoms with Gasteiger partial charge in [-0.1, -0.05) is 11.2 Å². The minimum absolute atomic E-state index is 0.0390. The Hall–Kier alpha value is -3.58. The van der Waals surface area contributed by atoms with Gasteiger partial charge in [0.1, 0.15) is 6.54 Å². The number of hydrogen-bond donors (Lipinski definition) is 1. The molecule has 1 saturated heterocycles. The average Bonchev–Trinajstić information content (AvgIpc) is 3.58. The molecule has 1 fully saturated rings. The predicted molar refractivity (Wildman–Crippen MR) is 136 cm³/mol. The van der Waals surface area contributed by atoms with Gasteiger partial charge in [-0.05, 0) is 43.1 Å². The third kappa shape index (κ3) is 5.48. The van der Waals surface area contributed by atoms with Crippen LogP contribution >= 0.6 is 11.3 Å². The Morgan fingerprint density at radius 3 is 2.84 bits per heavy atom. The summed E-state index contributed by atoms with van der Waals surface area (Å²) in [5.74, 6) is -0.349. The molecule has 0 bridgehead atoms. The molecule has 8 nitrogen and oxygen atoms in total. The molecular weight excluding hydrogens is 524 g/mol. The molecule has 1 aliphatic heterocycles. The summed E-state index contributed by atoms with van der Waals surface area (Å²) >= 11 is 1.40. The van der Waals surface area contributed by atoms with Crippen LogP contribution in [0.1, 0.15) is 28.2 Å². The van der Waals surface area contributed by atoms with Gasteiger partial charge in [-0.25, -0.2) is 4.39 Å². The van der Waals surface area contributed by atoms with E-state index in [1.165, 1.54) is 17.4 Å². The van der Waals surface area contributed by atoms with Crippen molar-refractivity contribution >= 4 is 39.5 Å². The van der Waals surface area contributed by atoms with E-state index in [9.17, 15) is 22.4 Å². The van der Waals surface area contributed by atoms with Crippen LogP contribution < -0.4 is 5.32 Å². The smallest absolute Gasteiger partial charge is 0.343 e. The van der Waals surface area contributed by atoms with Gasteiger partial charge in [-0.15, -0.1) is 0 Å². The van der Waals surface area contributed by atoms with Crippen molar-refractivity contribution in [1.29, 1.82) is 0 Å². The largest absolute Gasteiger partial charge is 0.406 e. The highest BCUT2D eigenvalue weighted by atomic mass is 32.1. The molecule has 1 amide bonds. The van der Waals surface area contributed by atoms with Crippen molar-refractivity contribution < 1.29 is 26.9 Å². The Kier molecular flexibility index (Phi) is 7.05. The maximum Gasteiger partial charge on any atom is 0.406 e.